The number of rotatable bonds is 7. The number of sulfonamides is 1. The molecule has 1 fully saturated rings. The fourth-order valence-corrected chi connectivity index (χ4v) is 4.98. The highest BCUT2D eigenvalue weighted by atomic mass is 32.2. The van der Waals surface area contributed by atoms with Gasteiger partial charge in [-0.15, -0.1) is 0 Å². The molecule has 0 heterocycles. The van der Waals surface area contributed by atoms with Gasteiger partial charge < -0.3 is 5.73 Å². The van der Waals surface area contributed by atoms with Crippen LogP contribution in [0.25, 0.3) is 0 Å². The standard InChI is InChI=1S/C14H30N2O2S/c1-4-10-16(12-14(2,3)11-15)19(17,18)13-8-6-5-7-9-13/h13H,4-12,15H2,1-3H3. The maximum absolute atomic E-state index is 12.8. The highest BCUT2D eigenvalue weighted by molar-refractivity contribution is 7.89. The van der Waals surface area contributed by atoms with E-state index in [9.17, 15) is 8.42 Å². The minimum atomic E-state index is -3.15. The van der Waals surface area contributed by atoms with E-state index in [1.54, 1.807) is 4.31 Å². The van der Waals surface area contributed by atoms with E-state index >= 15 is 0 Å². The summed E-state index contributed by atoms with van der Waals surface area (Å²) in [4.78, 5) is 0. The Morgan fingerprint density at radius 3 is 2.26 bits per heavy atom. The normalized spacial score (nSPS) is 19.0. The summed E-state index contributed by atoms with van der Waals surface area (Å²) in [6.45, 7) is 7.75. The zero-order valence-corrected chi connectivity index (χ0v) is 13.5. The monoisotopic (exact) mass is 290 g/mol. The summed E-state index contributed by atoms with van der Waals surface area (Å²) in [7, 11) is -3.15. The molecule has 0 aromatic heterocycles. The molecule has 1 saturated carbocycles. The predicted octanol–water partition coefficient (Wildman–Crippen LogP) is 2.35. The Labute approximate surface area is 118 Å². The van der Waals surface area contributed by atoms with Crippen LogP contribution in [-0.2, 0) is 10.0 Å². The molecule has 0 atom stereocenters. The van der Waals surface area contributed by atoms with Crippen LogP contribution in [0.1, 0.15) is 59.3 Å². The zero-order chi connectivity index (χ0) is 14.5. The number of hydrogen-bond acceptors (Lipinski definition) is 3. The largest absolute Gasteiger partial charge is 0.330 e. The van der Waals surface area contributed by atoms with Crippen LogP contribution in [-0.4, -0.2) is 37.6 Å². The average molecular weight is 290 g/mol. The molecule has 0 aliphatic heterocycles. The molecule has 1 aliphatic carbocycles. The van der Waals surface area contributed by atoms with Crippen LogP contribution >= 0.6 is 0 Å². The zero-order valence-electron chi connectivity index (χ0n) is 12.7. The van der Waals surface area contributed by atoms with Crippen LogP contribution < -0.4 is 5.73 Å². The van der Waals surface area contributed by atoms with Gasteiger partial charge in [0.15, 0.2) is 0 Å². The van der Waals surface area contributed by atoms with Gasteiger partial charge in [-0.05, 0) is 31.2 Å². The van der Waals surface area contributed by atoms with Gasteiger partial charge in [0.2, 0.25) is 10.0 Å². The van der Waals surface area contributed by atoms with E-state index in [4.69, 9.17) is 5.73 Å². The van der Waals surface area contributed by atoms with Crippen molar-refractivity contribution < 1.29 is 8.42 Å². The lowest BCUT2D eigenvalue weighted by Crippen LogP contribution is -2.46. The van der Waals surface area contributed by atoms with E-state index < -0.39 is 10.0 Å². The fraction of sp³-hybridized carbons (Fsp3) is 1.00. The molecular weight excluding hydrogens is 260 g/mol. The quantitative estimate of drug-likeness (QED) is 0.783. The topological polar surface area (TPSA) is 63.4 Å². The Morgan fingerprint density at radius 1 is 1.21 bits per heavy atom. The molecule has 0 radical (unpaired) electrons. The Balaban J connectivity index is 2.83. The van der Waals surface area contributed by atoms with Crippen LogP contribution in [0.3, 0.4) is 0 Å². The molecule has 0 aromatic carbocycles. The third-order valence-corrected chi connectivity index (χ3v) is 6.31. The van der Waals surface area contributed by atoms with Crippen LogP contribution in [0.5, 0.6) is 0 Å². The minimum absolute atomic E-state index is 0.156. The Kier molecular flexibility index (Phi) is 6.27. The molecular formula is C14H30N2O2S. The molecule has 1 rings (SSSR count). The van der Waals surface area contributed by atoms with E-state index in [1.807, 2.05) is 20.8 Å². The van der Waals surface area contributed by atoms with Crippen LogP contribution in [0.2, 0.25) is 0 Å². The van der Waals surface area contributed by atoms with Crippen molar-refractivity contribution in [3.8, 4) is 0 Å². The highest BCUT2D eigenvalue weighted by Gasteiger charge is 2.35. The first-order chi connectivity index (χ1) is 8.83. The van der Waals surface area contributed by atoms with Crippen LogP contribution in [0, 0.1) is 5.41 Å². The molecule has 5 heteroatoms. The van der Waals surface area contributed by atoms with Crippen molar-refractivity contribution in [3.05, 3.63) is 0 Å². The van der Waals surface area contributed by atoms with Gasteiger partial charge in [0.1, 0.15) is 0 Å². The molecule has 1 aliphatic rings. The second-order valence-corrected chi connectivity index (χ2v) is 8.72. The number of hydrogen-bond donors (Lipinski definition) is 1. The van der Waals surface area contributed by atoms with E-state index in [1.165, 1.54) is 6.42 Å². The van der Waals surface area contributed by atoms with Crippen molar-refractivity contribution in [1.82, 2.24) is 4.31 Å². The molecule has 0 bridgehead atoms. The van der Waals surface area contributed by atoms with Crippen LogP contribution in [0.4, 0.5) is 0 Å². The van der Waals surface area contributed by atoms with Gasteiger partial charge in [0.25, 0.3) is 0 Å². The third-order valence-electron chi connectivity index (χ3n) is 3.96. The molecule has 19 heavy (non-hydrogen) atoms. The summed E-state index contributed by atoms with van der Waals surface area (Å²) < 4.78 is 27.2. The van der Waals surface area contributed by atoms with Gasteiger partial charge in [-0.25, -0.2) is 12.7 Å². The van der Waals surface area contributed by atoms with Gasteiger partial charge in [0, 0.05) is 13.1 Å². The fourth-order valence-electron chi connectivity index (χ4n) is 2.66. The van der Waals surface area contributed by atoms with Gasteiger partial charge >= 0.3 is 0 Å². The predicted molar refractivity (Wildman–Crippen MR) is 80.5 cm³/mol. The summed E-state index contributed by atoms with van der Waals surface area (Å²) in [6.07, 6.45) is 5.77. The third kappa shape index (κ3) is 4.72. The minimum Gasteiger partial charge on any atom is -0.330 e. The summed E-state index contributed by atoms with van der Waals surface area (Å²) in [5.41, 5.74) is 5.60. The molecule has 4 nitrogen and oxygen atoms in total. The Morgan fingerprint density at radius 2 is 1.79 bits per heavy atom. The van der Waals surface area contributed by atoms with Crippen molar-refractivity contribution >= 4 is 10.0 Å². The van der Waals surface area contributed by atoms with Crippen molar-refractivity contribution in [2.24, 2.45) is 11.1 Å². The first kappa shape index (κ1) is 16.9. The Hall–Kier alpha value is -0.130. The molecule has 114 valence electrons. The van der Waals surface area contributed by atoms with E-state index in [-0.39, 0.29) is 10.7 Å². The summed E-state index contributed by atoms with van der Waals surface area (Å²) in [5, 5.41) is -0.165. The lowest BCUT2D eigenvalue weighted by Gasteiger charge is -2.34. The number of nitrogens with zero attached hydrogens (tertiary/aromatic N) is 1. The summed E-state index contributed by atoms with van der Waals surface area (Å²) >= 11 is 0. The SMILES string of the molecule is CCCN(CC(C)(C)CN)S(=O)(=O)C1CCCCC1. The summed E-state index contributed by atoms with van der Waals surface area (Å²) in [5.74, 6) is 0. The van der Waals surface area contributed by atoms with Gasteiger partial charge in [-0.3, -0.25) is 0 Å². The van der Waals surface area contributed by atoms with Crippen molar-refractivity contribution in [1.29, 1.82) is 0 Å². The van der Waals surface area contributed by atoms with Gasteiger partial charge in [0.05, 0.1) is 5.25 Å². The Bertz CT molecular complexity index is 360. The van der Waals surface area contributed by atoms with Crippen molar-refractivity contribution in [2.45, 2.75) is 64.5 Å². The first-order valence-corrected chi connectivity index (χ1v) is 9.03. The first-order valence-electron chi connectivity index (χ1n) is 7.52. The lowest BCUT2D eigenvalue weighted by molar-refractivity contribution is 0.262. The highest BCUT2D eigenvalue weighted by Crippen LogP contribution is 2.28. The molecule has 0 unspecified atom stereocenters. The van der Waals surface area contributed by atoms with E-state index in [2.05, 4.69) is 0 Å². The van der Waals surface area contributed by atoms with E-state index in [0.29, 0.717) is 19.6 Å². The van der Waals surface area contributed by atoms with Crippen LogP contribution in [0.15, 0.2) is 0 Å². The molecule has 0 spiro atoms. The second kappa shape index (κ2) is 7.04. The maximum atomic E-state index is 12.8. The smallest absolute Gasteiger partial charge is 0.216 e. The van der Waals surface area contributed by atoms with E-state index in [0.717, 1.165) is 32.1 Å². The summed E-state index contributed by atoms with van der Waals surface area (Å²) in [6, 6.07) is 0. The lowest BCUT2D eigenvalue weighted by atomic mass is 9.94. The van der Waals surface area contributed by atoms with Gasteiger partial charge in [-0.1, -0.05) is 40.0 Å². The van der Waals surface area contributed by atoms with Crippen molar-refractivity contribution in [3.63, 3.8) is 0 Å². The maximum Gasteiger partial charge on any atom is 0.216 e. The number of nitrogens with two attached hydrogens (primary N) is 1. The van der Waals surface area contributed by atoms with Crippen molar-refractivity contribution in [2.75, 3.05) is 19.6 Å². The molecule has 0 amide bonds. The molecule has 0 aromatic rings. The van der Waals surface area contributed by atoms with Gasteiger partial charge in [-0.2, -0.15) is 0 Å². The molecule has 2 N–H and O–H groups in total. The second-order valence-electron chi connectivity index (χ2n) is 6.51. The average Bonchev–Trinajstić information content (AvgIpc) is 2.39. The molecule has 0 saturated heterocycles.